The van der Waals surface area contributed by atoms with E-state index in [0.29, 0.717) is 12.4 Å². The van der Waals surface area contributed by atoms with Gasteiger partial charge in [-0.25, -0.2) is 9.97 Å². The topological polar surface area (TPSA) is 81.0 Å². The van der Waals surface area contributed by atoms with E-state index in [-0.39, 0.29) is 11.6 Å². The molecule has 2 aromatic heterocycles. The second-order valence-electron chi connectivity index (χ2n) is 4.73. The van der Waals surface area contributed by atoms with Gasteiger partial charge in [0.05, 0.1) is 9.93 Å². The number of thiazole rings is 1. The van der Waals surface area contributed by atoms with Gasteiger partial charge in [-0.3, -0.25) is 10.1 Å². The first-order valence-corrected chi connectivity index (χ1v) is 7.12. The number of anilines is 1. The molecule has 0 bridgehead atoms. The van der Waals surface area contributed by atoms with Crippen LogP contribution in [0, 0.1) is 24.0 Å². The maximum Gasteiger partial charge on any atom is 0.287 e. The highest BCUT2D eigenvalue weighted by Crippen LogP contribution is 2.22. The number of hydrogen-bond acceptors (Lipinski definition) is 6. The Morgan fingerprint density at radius 2 is 2.25 bits per heavy atom. The van der Waals surface area contributed by atoms with E-state index in [1.165, 1.54) is 12.3 Å². The van der Waals surface area contributed by atoms with E-state index < -0.39 is 4.92 Å². The van der Waals surface area contributed by atoms with Gasteiger partial charge < -0.3 is 5.32 Å². The Bertz CT molecular complexity index is 627. The van der Waals surface area contributed by atoms with Gasteiger partial charge in [-0.15, -0.1) is 11.3 Å². The monoisotopic (exact) mass is 292 g/mol. The van der Waals surface area contributed by atoms with Gasteiger partial charge in [0, 0.05) is 29.6 Å². The summed E-state index contributed by atoms with van der Waals surface area (Å²) in [5, 5.41) is 17.0. The lowest BCUT2D eigenvalue weighted by Gasteiger charge is -2.12. The van der Waals surface area contributed by atoms with Crippen LogP contribution in [-0.2, 0) is 0 Å². The molecule has 0 aliphatic carbocycles. The van der Waals surface area contributed by atoms with Crippen molar-refractivity contribution in [3.8, 4) is 0 Å². The minimum atomic E-state index is -0.440. The first-order chi connectivity index (χ1) is 9.47. The summed E-state index contributed by atoms with van der Waals surface area (Å²) in [5.41, 5.74) is 1.81. The van der Waals surface area contributed by atoms with E-state index in [1.54, 1.807) is 18.3 Å². The van der Waals surface area contributed by atoms with Crippen LogP contribution < -0.4 is 5.32 Å². The summed E-state index contributed by atoms with van der Waals surface area (Å²) in [5.74, 6) is 0.945. The molecule has 2 heterocycles. The Morgan fingerprint density at radius 3 is 2.80 bits per heavy atom. The summed E-state index contributed by atoms with van der Waals surface area (Å²) in [6, 6.07) is 1.52. The highest BCUT2D eigenvalue weighted by molar-refractivity contribution is 7.09. The SMILES string of the molecule is Cc1csc([C@@H](C)CNc2ncc([N+](=O)[O-])cc2C)n1. The third kappa shape index (κ3) is 3.30. The molecule has 2 rings (SSSR count). The van der Waals surface area contributed by atoms with Crippen molar-refractivity contribution in [2.24, 2.45) is 0 Å². The largest absolute Gasteiger partial charge is 0.369 e. The lowest BCUT2D eigenvalue weighted by Crippen LogP contribution is -2.11. The van der Waals surface area contributed by atoms with Crippen molar-refractivity contribution in [2.45, 2.75) is 26.7 Å². The van der Waals surface area contributed by atoms with Gasteiger partial charge in [0.1, 0.15) is 12.0 Å². The zero-order valence-corrected chi connectivity index (χ0v) is 12.4. The third-order valence-electron chi connectivity index (χ3n) is 2.91. The fourth-order valence-corrected chi connectivity index (χ4v) is 2.64. The van der Waals surface area contributed by atoms with Crippen molar-refractivity contribution in [1.29, 1.82) is 0 Å². The number of pyridine rings is 1. The van der Waals surface area contributed by atoms with Crippen LogP contribution in [0.4, 0.5) is 11.5 Å². The molecule has 0 saturated carbocycles. The molecule has 0 aromatic carbocycles. The zero-order valence-electron chi connectivity index (χ0n) is 11.6. The average Bonchev–Trinajstić information content (AvgIpc) is 2.83. The smallest absolute Gasteiger partial charge is 0.287 e. The van der Waals surface area contributed by atoms with E-state index in [4.69, 9.17) is 0 Å². The molecule has 0 radical (unpaired) electrons. The van der Waals surface area contributed by atoms with Gasteiger partial charge in [0.15, 0.2) is 0 Å². The highest BCUT2D eigenvalue weighted by Gasteiger charge is 2.12. The van der Waals surface area contributed by atoms with Crippen LogP contribution in [0.1, 0.15) is 29.1 Å². The summed E-state index contributed by atoms with van der Waals surface area (Å²) in [4.78, 5) is 18.8. The molecule has 6 nitrogen and oxygen atoms in total. The molecular formula is C13H16N4O2S. The van der Waals surface area contributed by atoms with Crippen molar-refractivity contribution in [2.75, 3.05) is 11.9 Å². The van der Waals surface area contributed by atoms with Crippen LogP contribution in [0.3, 0.4) is 0 Å². The van der Waals surface area contributed by atoms with E-state index >= 15 is 0 Å². The van der Waals surface area contributed by atoms with Crippen LogP contribution in [0.2, 0.25) is 0 Å². The molecule has 20 heavy (non-hydrogen) atoms. The van der Waals surface area contributed by atoms with Gasteiger partial charge in [0.2, 0.25) is 0 Å². The molecule has 1 N–H and O–H groups in total. The van der Waals surface area contributed by atoms with Gasteiger partial charge in [-0.1, -0.05) is 6.92 Å². The summed E-state index contributed by atoms with van der Waals surface area (Å²) >= 11 is 1.64. The number of nitrogens with one attached hydrogen (secondary N) is 1. The summed E-state index contributed by atoms with van der Waals surface area (Å²) in [6.45, 7) is 6.56. The molecule has 0 unspecified atom stereocenters. The van der Waals surface area contributed by atoms with Crippen LogP contribution in [0.25, 0.3) is 0 Å². The van der Waals surface area contributed by atoms with Crippen LogP contribution in [-0.4, -0.2) is 21.4 Å². The lowest BCUT2D eigenvalue weighted by molar-refractivity contribution is -0.385. The zero-order chi connectivity index (χ0) is 14.7. The van der Waals surface area contributed by atoms with E-state index in [0.717, 1.165) is 16.3 Å². The molecule has 1 atom stereocenters. The minimum Gasteiger partial charge on any atom is -0.369 e. The second-order valence-corrected chi connectivity index (χ2v) is 5.61. The molecule has 0 aliphatic heterocycles. The van der Waals surface area contributed by atoms with Gasteiger partial charge in [0.25, 0.3) is 5.69 Å². The third-order valence-corrected chi connectivity index (χ3v) is 4.10. The number of rotatable bonds is 5. The molecule has 0 amide bonds. The maximum atomic E-state index is 10.7. The van der Waals surface area contributed by atoms with Gasteiger partial charge >= 0.3 is 0 Å². The van der Waals surface area contributed by atoms with Crippen molar-refractivity contribution in [3.63, 3.8) is 0 Å². The Kier molecular flexibility index (Phi) is 4.29. The van der Waals surface area contributed by atoms with Crippen LogP contribution in [0.15, 0.2) is 17.6 Å². The van der Waals surface area contributed by atoms with Crippen LogP contribution >= 0.6 is 11.3 Å². The highest BCUT2D eigenvalue weighted by atomic mass is 32.1. The molecule has 2 aromatic rings. The molecule has 0 aliphatic rings. The van der Waals surface area contributed by atoms with Crippen molar-refractivity contribution in [1.82, 2.24) is 9.97 Å². The van der Waals surface area contributed by atoms with Gasteiger partial charge in [-0.05, 0) is 19.4 Å². The van der Waals surface area contributed by atoms with Crippen molar-refractivity contribution in [3.05, 3.63) is 44.0 Å². The Morgan fingerprint density at radius 1 is 1.50 bits per heavy atom. The van der Waals surface area contributed by atoms with E-state index in [2.05, 4.69) is 22.2 Å². The molecule has 0 saturated heterocycles. The van der Waals surface area contributed by atoms with E-state index in [9.17, 15) is 10.1 Å². The molecular weight excluding hydrogens is 276 g/mol. The fourth-order valence-electron chi connectivity index (χ4n) is 1.78. The molecule has 0 fully saturated rings. The number of aromatic nitrogens is 2. The number of nitrogens with zero attached hydrogens (tertiary/aromatic N) is 3. The quantitative estimate of drug-likeness (QED) is 0.675. The second kappa shape index (κ2) is 5.96. The minimum absolute atomic E-state index is 0.0108. The van der Waals surface area contributed by atoms with Crippen molar-refractivity contribution >= 4 is 22.8 Å². The summed E-state index contributed by atoms with van der Waals surface area (Å²) < 4.78 is 0. The normalized spacial score (nSPS) is 12.2. The standard InChI is InChI=1S/C13H16N4O2S/c1-8-4-11(17(18)19)6-15-12(8)14-5-9(2)13-16-10(3)7-20-13/h4,6-7,9H,5H2,1-3H3,(H,14,15)/t9-/m0/s1. The Balaban J connectivity index is 2.02. The molecule has 7 heteroatoms. The van der Waals surface area contributed by atoms with Crippen LogP contribution in [0.5, 0.6) is 0 Å². The molecule has 106 valence electrons. The Hall–Kier alpha value is -2.02. The first kappa shape index (κ1) is 14.4. The number of hydrogen-bond donors (Lipinski definition) is 1. The average molecular weight is 292 g/mol. The predicted molar refractivity (Wildman–Crippen MR) is 79.4 cm³/mol. The fraction of sp³-hybridized carbons (Fsp3) is 0.385. The lowest BCUT2D eigenvalue weighted by atomic mass is 10.2. The molecule has 0 spiro atoms. The summed E-state index contributed by atoms with van der Waals surface area (Å²) in [6.07, 6.45) is 1.27. The number of nitro groups is 1. The maximum absolute atomic E-state index is 10.7. The number of aryl methyl sites for hydroxylation is 2. The summed E-state index contributed by atoms with van der Waals surface area (Å²) in [7, 11) is 0. The van der Waals surface area contributed by atoms with Crippen molar-refractivity contribution < 1.29 is 4.92 Å². The van der Waals surface area contributed by atoms with E-state index in [1.807, 2.05) is 12.3 Å². The van der Waals surface area contributed by atoms with Gasteiger partial charge in [-0.2, -0.15) is 0 Å². The Labute approximate surface area is 121 Å². The predicted octanol–water partition coefficient (Wildman–Crippen LogP) is 3.28. The first-order valence-electron chi connectivity index (χ1n) is 6.24.